The molecule has 0 unspecified atom stereocenters. The number of aromatic nitrogens is 2. The van der Waals surface area contributed by atoms with Crippen molar-refractivity contribution in [2.75, 3.05) is 0 Å². The highest BCUT2D eigenvalue weighted by Gasteiger charge is 2.02. The quantitative estimate of drug-likeness (QED) is 0.799. The van der Waals surface area contributed by atoms with Crippen LogP contribution >= 0.6 is 12.2 Å². The van der Waals surface area contributed by atoms with Crippen LogP contribution in [0.4, 0.5) is 0 Å². The maximum absolute atomic E-state index is 11.3. The lowest BCUT2D eigenvalue weighted by molar-refractivity contribution is 0.867. The van der Waals surface area contributed by atoms with Crippen molar-refractivity contribution in [3.63, 3.8) is 0 Å². The number of aromatic amines is 2. The van der Waals surface area contributed by atoms with Crippen molar-refractivity contribution in [1.82, 2.24) is 9.97 Å². The molecule has 0 spiro atoms. The van der Waals surface area contributed by atoms with Crippen molar-refractivity contribution in [2.24, 2.45) is 0 Å². The summed E-state index contributed by atoms with van der Waals surface area (Å²) < 4.78 is 0.348. The van der Waals surface area contributed by atoms with Gasteiger partial charge in [0.25, 0.3) is 5.56 Å². The Morgan fingerprint density at radius 1 is 1.12 bits per heavy atom. The normalized spacial score (nSPS) is 10.8. The molecule has 1 heterocycles. The predicted molar refractivity (Wildman–Crippen MR) is 71.8 cm³/mol. The molecule has 0 saturated carbocycles. The molecule has 2 aromatic rings. The molecule has 0 fully saturated rings. The predicted octanol–water partition coefficient (Wildman–Crippen LogP) is 3.22. The van der Waals surface area contributed by atoms with E-state index in [-0.39, 0.29) is 5.56 Å². The van der Waals surface area contributed by atoms with Gasteiger partial charge in [-0.2, -0.15) is 0 Å². The van der Waals surface area contributed by atoms with Gasteiger partial charge in [0.15, 0.2) is 4.77 Å². The molecule has 0 radical (unpaired) electrons. The molecule has 0 amide bonds. The molecule has 1 aromatic heterocycles. The first-order valence-electron chi connectivity index (χ1n) is 5.50. The second-order valence-electron chi connectivity index (χ2n) is 4.28. The summed E-state index contributed by atoms with van der Waals surface area (Å²) in [4.78, 5) is 16.8. The Bertz CT molecular complexity index is 595. The van der Waals surface area contributed by atoms with Gasteiger partial charge in [-0.05, 0) is 29.3 Å². The van der Waals surface area contributed by atoms with Gasteiger partial charge in [0.1, 0.15) is 0 Å². The number of hydrogen-bond acceptors (Lipinski definition) is 2. The van der Waals surface area contributed by atoms with E-state index in [4.69, 9.17) is 12.2 Å². The molecule has 1 aromatic carbocycles. The Balaban J connectivity index is 2.46. The average Bonchev–Trinajstić information content (AvgIpc) is 2.28. The van der Waals surface area contributed by atoms with Crippen molar-refractivity contribution in [1.29, 1.82) is 0 Å². The molecule has 3 nitrogen and oxygen atoms in total. The SMILES string of the molecule is CC(C)c1ccc(-c2cc(=O)[nH]c(=S)[nH]2)cc1. The number of H-pyrrole nitrogens is 2. The summed E-state index contributed by atoms with van der Waals surface area (Å²) in [6.07, 6.45) is 0. The van der Waals surface area contributed by atoms with Gasteiger partial charge in [0.2, 0.25) is 0 Å². The Hall–Kier alpha value is -1.68. The zero-order chi connectivity index (χ0) is 12.4. The van der Waals surface area contributed by atoms with Gasteiger partial charge in [-0.1, -0.05) is 38.1 Å². The van der Waals surface area contributed by atoms with Gasteiger partial charge >= 0.3 is 0 Å². The third-order valence-electron chi connectivity index (χ3n) is 2.65. The summed E-state index contributed by atoms with van der Waals surface area (Å²) in [6, 6.07) is 9.64. The van der Waals surface area contributed by atoms with Crippen LogP contribution in [0.25, 0.3) is 11.3 Å². The standard InChI is InChI=1S/C13H14N2OS/c1-8(2)9-3-5-10(6-4-9)11-7-12(16)15-13(17)14-11/h3-8H,1-2H3,(H2,14,15,16,17). The topological polar surface area (TPSA) is 48.6 Å². The smallest absolute Gasteiger partial charge is 0.252 e. The van der Waals surface area contributed by atoms with E-state index >= 15 is 0 Å². The van der Waals surface area contributed by atoms with Crippen LogP contribution in [0.2, 0.25) is 0 Å². The number of nitrogens with one attached hydrogen (secondary N) is 2. The summed E-state index contributed by atoms with van der Waals surface area (Å²) >= 11 is 4.94. The lowest BCUT2D eigenvalue weighted by Crippen LogP contribution is -2.06. The molecule has 4 heteroatoms. The van der Waals surface area contributed by atoms with Gasteiger partial charge in [-0.25, -0.2) is 0 Å². The van der Waals surface area contributed by atoms with E-state index in [0.717, 1.165) is 11.3 Å². The average molecular weight is 246 g/mol. The third kappa shape index (κ3) is 2.71. The fraction of sp³-hybridized carbons (Fsp3) is 0.231. The maximum atomic E-state index is 11.3. The van der Waals surface area contributed by atoms with Crippen LogP contribution < -0.4 is 5.56 Å². The van der Waals surface area contributed by atoms with Crippen molar-refractivity contribution < 1.29 is 0 Å². The van der Waals surface area contributed by atoms with Gasteiger partial charge < -0.3 is 4.98 Å². The number of benzene rings is 1. The van der Waals surface area contributed by atoms with Gasteiger partial charge in [-0.15, -0.1) is 0 Å². The molecule has 2 N–H and O–H groups in total. The third-order valence-corrected chi connectivity index (χ3v) is 2.85. The zero-order valence-corrected chi connectivity index (χ0v) is 10.6. The van der Waals surface area contributed by atoms with Crippen LogP contribution in [-0.2, 0) is 0 Å². The second kappa shape index (κ2) is 4.67. The highest BCUT2D eigenvalue weighted by atomic mass is 32.1. The summed E-state index contributed by atoms with van der Waals surface area (Å²) in [7, 11) is 0. The van der Waals surface area contributed by atoms with E-state index in [1.54, 1.807) is 0 Å². The van der Waals surface area contributed by atoms with E-state index in [0.29, 0.717) is 10.7 Å². The van der Waals surface area contributed by atoms with Gasteiger partial charge in [0.05, 0.1) is 5.69 Å². The van der Waals surface area contributed by atoms with Gasteiger partial charge in [-0.3, -0.25) is 9.78 Å². The molecule has 0 atom stereocenters. The first kappa shape index (κ1) is 11.8. The molecule has 88 valence electrons. The van der Waals surface area contributed by atoms with Gasteiger partial charge in [0, 0.05) is 6.07 Å². The van der Waals surface area contributed by atoms with Crippen LogP contribution in [0.1, 0.15) is 25.3 Å². The van der Waals surface area contributed by atoms with Crippen LogP contribution in [-0.4, -0.2) is 9.97 Å². The Kier molecular flexibility index (Phi) is 3.24. The van der Waals surface area contributed by atoms with Crippen LogP contribution in [0.3, 0.4) is 0 Å². The monoisotopic (exact) mass is 246 g/mol. The van der Waals surface area contributed by atoms with E-state index in [1.165, 1.54) is 11.6 Å². The molecule has 17 heavy (non-hydrogen) atoms. The lowest BCUT2D eigenvalue weighted by atomic mass is 10.0. The zero-order valence-electron chi connectivity index (χ0n) is 9.78. The molecule has 0 aliphatic heterocycles. The summed E-state index contributed by atoms with van der Waals surface area (Å²) in [5.74, 6) is 0.502. The molecule has 0 aliphatic rings. The maximum Gasteiger partial charge on any atom is 0.252 e. The molecule has 0 aliphatic carbocycles. The number of hydrogen-bond donors (Lipinski definition) is 2. The highest BCUT2D eigenvalue weighted by Crippen LogP contribution is 2.19. The molecular formula is C13H14N2OS. The minimum absolute atomic E-state index is 0.184. The minimum Gasteiger partial charge on any atom is -0.332 e. The Morgan fingerprint density at radius 2 is 1.76 bits per heavy atom. The summed E-state index contributed by atoms with van der Waals surface area (Å²) in [5, 5.41) is 0. The number of rotatable bonds is 2. The first-order valence-corrected chi connectivity index (χ1v) is 5.91. The largest absolute Gasteiger partial charge is 0.332 e. The van der Waals surface area contributed by atoms with Crippen molar-refractivity contribution in [3.05, 3.63) is 51.0 Å². The lowest BCUT2D eigenvalue weighted by Gasteiger charge is -2.06. The Labute approximate surface area is 105 Å². The van der Waals surface area contributed by atoms with E-state index in [9.17, 15) is 4.79 Å². The fourth-order valence-corrected chi connectivity index (χ4v) is 1.88. The van der Waals surface area contributed by atoms with Crippen molar-refractivity contribution in [3.8, 4) is 11.3 Å². The summed E-state index contributed by atoms with van der Waals surface area (Å²) in [6.45, 7) is 4.30. The molecule has 0 saturated heterocycles. The first-order chi connectivity index (χ1) is 8.06. The van der Waals surface area contributed by atoms with Crippen LogP contribution in [0.15, 0.2) is 35.1 Å². The molecular weight excluding hydrogens is 232 g/mol. The van der Waals surface area contributed by atoms with Crippen LogP contribution in [0, 0.1) is 4.77 Å². The van der Waals surface area contributed by atoms with Crippen molar-refractivity contribution in [2.45, 2.75) is 19.8 Å². The van der Waals surface area contributed by atoms with E-state index < -0.39 is 0 Å². The minimum atomic E-state index is -0.184. The molecule has 2 rings (SSSR count). The Morgan fingerprint density at radius 3 is 2.29 bits per heavy atom. The van der Waals surface area contributed by atoms with Crippen LogP contribution in [0.5, 0.6) is 0 Å². The van der Waals surface area contributed by atoms with Crippen molar-refractivity contribution >= 4 is 12.2 Å². The summed E-state index contributed by atoms with van der Waals surface area (Å²) in [5.41, 5.74) is 2.80. The molecule has 0 bridgehead atoms. The second-order valence-corrected chi connectivity index (χ2v) is 4.69. The van der Waals surface area contributed by atoms with E-state index in [1.807, 2.05) is 12.1 Å². The highest BCUT2D eigenvalue weighted by molar-refractivity contribution is 7.71. The fourth-order valence-electron chi connectivity index (χ4n) is 1.67. The van der Waals surface area contributed by atoms with E-state index in [2.05, 4.69) is 35.9 Å².